The number of Topliss-reactive ketones (excluding diaryl/α,β-unsaturated/α-hetero) is 1. The summed E-state index contributed by atoms with van der Waals surface area (Å²) in [5.74, 6) is -1.18. The molecule has 0 aromatic heterocycles. The van der Waals surface area contributed by atoms with Crippen LogP contribution in [-0.4, -0.2) is 50.9 Å². The van der Waals surface area contributed by atoms with Crippen LogP contribution in [0.15, 0.2) is 42.5 Å². The van der Waals surface area contributed by atoms with Crippen molar-refractivity contribution in [3.63, 3.8) is 0 Å². The van der Waals surface area contributed by atoms with Crippen LogP contribution in [0.4, 0.5) is 11.4 Å². The van der Waals surface area contributed by atoms with Gasteiger partial charge in [-0.1, -0.05) is 0 Å². The molecule has 9 heteroatoms. The van der Waals surface area contributed by atoms with Crippen molar-refractivity contribution in [3.05, 3.63) is 48.0 Å². The Morgan fingerprint density at radius 3 is 2.41 bits per heavy atom. The summed E-state index contributed by atoms with van der Waals surface area (Å²) in [4.78, 5) is 49.8. The van der Waals surface area contributed by atoms with Crippen molar-refractivity contribution in [2.24, 2.45) is 5.92 Å². The molecule has 9 nitrogen and oxygen atoms in total. The number of carbonyl (C=O) groups excluding carboxylic acids is 4. The monoisotopic (exact) mass is 440 g/mol. The first-order chi connectivity index (χ1) is 15.3. The number of ether oxygens (including phenoxy) is 3. The minimum Gasteiger partial charge on any atom is -0.497 e. The third-order valence-electron chi connectivity index (χ3n) is 5.06. The Kier molecular flexibility index (Phi) is 7.09. The van der Waals surface area contributed by atoms with Crippen LogP contribution in [0.25, 0.3) is 0 Å². The van der Waals surface area contributed by atoms with Gasteiger partial charge in [0.1, 0.15) is 11.5 Å². The van der Waals surface area contributed by atoms with Gasteiger partial charge >= 0.3 is 5.97 Å². The van der Waals surface area contributed by atoms with Gasteiger partial charge in [0.2, 0.25) is 5.91 Å². The predicted octanol–water partition coefficient (Wildman–Crippen LogP) is 2.44. The summed E-state index contributed by atoms with van der Waals surface area (Å²) in [6.07, 6.45) is -0.0344. The molecule has 3 rings (SSSR count). The first-order valence-corrected chi connectivity index (χ1v) is 9.92. The van der Waals surface area contributed by atoms with E-state index >= 15 is 0 Å². The third-order valence-corrected chi connectivity index (χ3v) is 5.06. The summed E-state index contributed by atoms with van der Waals surface area (Å²) >= 11 is 0. The Morgan fingerprint density at radius 1 is 1.06 bits per heavy atom. The standard InChI is InChI=1S/C23H24N2O7/c1-14(26)15-4-6-17(7-5-15)24-21(27)13-32-23(29)16-10-22(28)25(12-16)19-11-18(30-2)8-9-20(19)31-3/h4-9,11,16H,10,12-13H2,1-3H3,(H,24,27)/t16-/m0/s1. The Bertz CT molecular complexity index is 1030. The number of amides is 2. The van der Waals surface area contributed by atoms with Crippen LogP contribution in [0.1, 0.15) is 23.7 Å². The van der Waals surface area contributed by atoms with Gasteiger partial charge in [-0.25, -0.2) is 0 Å². The summed E-state index contributed by atoms with van der Waals surface area (Å²) in [5.41, 5.74) is 1.50. The van der Waals surface area contributed by atoms with Crippen LogP contribution < -0.4 is 19.7 Å². The number of rotatable bonds is 8. The van der Waals surface area contributed by atoms with Gasteiger partial charge in [-0.2, -0.15) is 0 Å². The Morgan fingerprint density at radius 2 is 1.78 bits per heavy atom. The summed E-state index contributed by atoms with van der Waals surface area (Å²) in [6.45, 7) is 1.07. The maximum absolute atomic E-state index is 12.5. The highest BCUT2D eigenvalue weighted by molar-refractivity contribution is 6.01. The molecule has 2 amide bonds. The maximum Gasteiger partial charge on any atom is 0.311 e. The van der Waals surface area contributed by atoms with E-state index in [0.29, 0.717) is 28.4 Å². The Balaban J connectivity index is 1.57. The summed E-state index contributed by atoms with van der Waals surface area (Å²) in [6, 6.07) is 11.4. The van der Waals surface area contributed by atoms with Gasteiger partial charge in [-0.3, -0.25) is 19.2 Å². The molecule has 1 fully saturated rings. The number of anilines is 2. The van der Waals surface area contributed by atoms with E-state index in [-0.39, 0.29) is 24.7 Å². The van der Waals surface area contributed by atoms with E-state index in [0.717, 1.165) is 0 Å². The fourth-order valence-corrected chi connectivity index (χ4v) is 3.35. The van der Waals surface area contributed by atoms with Crippen LogP contribution in [0.2, 0.25) is 0 Å². The highest BCUT2D eigenvalue weighted by atomic mass is 16.5. The minimum absolute atomic E-state index is 0.0344. The first kappa shape index (κ1) is 22.8. The molecule has 0 aliphatic carbocycles. The lowest BCUT2D eigenvalue weighted by atomic mass is 10.1. The molecular weight excluding hydrogens is 416 g/mol. The van der Waals surface area contributed by atoms with Crippen molar-refractivity contribution in [2.45, 2.75) is 13.3 Å². The van der Waals surface area contributed by atoms with Crippen molar-refractivity contribution < 1.29 is 33.4 Å². The lowest BCUT2D eigenvalue weighted by Crippen LogP contribution is -2.28. The molecule has 1 N–H and O–H groups in total. The van der Waals surface area contributed by atoms with Crippen molar-refractivity contribution in [1.29, 1.82) is 0 Å². The molecule has 1 atom stereocenters. The van der Waals surface area contributed by atoms with E-state index in [1.54, 1.807) is 42.5 Å². The number of nitrogens with zero attached hydrogens (tertiary/aromatic N) is 1. The average Bonchev–Trinajstić information content (AvgIpc) is 3.18. The minimum atomic E-state index is -0.707. The molecule has 1 aliphatic rings. The maximum atomic E-state index is 12.5. The molecule has 0 saturated carbocycles. The molecule has 1 heterocycles. The fourth-order valence-electron chi connectivity index (χ4n) is 3.35. The number of benzene rings is 2. The first-order valence-electron chi connectivity index (χ1n) is 9.92. The van der Waals surface area contributed by atoms with Gasteiger partial charge in [0.05, 0.1) is 25.8 Å². The van der Waals surface area contributed by atoms with Gasteiger partial charge in [0.15, 0.2) is 12.4 Å². The van der Waals surface area contributed by atoms with Crippen molar-refractivity contribution >= 4 is 34.9 Å². The number of methoxy groups -OCH3 is 2. The summed E-state index contributed by atoms with van der Waals surface area (Å²) in [5, 5.41) is 2.59. The molecule has 32 heavy (non-hydrogen) atoms. The van der Waals surface area contributed by atoms with E-state index in [1.807, 2.05) is 0 Å². The summed E-state index contributed by atoms with van der Waals surface area (Å²) < 4.78 is 15.6. The molecule has 2 aromatic carbocycles. The molecule has 2 aromatic rings. The summed E-state index contributed by atoms with van der Waals surface area (Å²) in [7, 11) is 3.00. The smallest absolute Gasteiger partial charge is 0.311 e. The third kappa shape index (κ3) is 5.23. The number of hydrogen-bond donors (Lipinski definition) is 1. The number of esters is 1. The van der Waals surface area contributed by atoms with E-state index in [2.05, 4.69) is 5.32 Å². The average molecular weight is 440 g/mol. The van der Waals surface area contributed by atoms with E-state index < -0.39 is 24.4 Å². The van der Waals surface area contributed by atoms with Crippen molar-refractivity contribution in [2.75, 3.05) is 37.6 Å². The topological polar surface area (TPSA) is 111 Å². The number of carbonyl (C=O) groups is 4. The van der Waals surface area contributed by atoms with Crippen molar-refractivity contribution in [3.8, 4) is 11.5 Å². The Hall–Kier alpha value is -3.88. The normalized spacial score (nSPS) is 15.3. The van der Waals surface area contributed by atoms with Gasteiger partial charge in [-0.05, 0) is 43.3 Å². The molecule has 0 bridgehead atoms. The largest absolute Gasteiger partial charge is 0.497 e. The second kappa shape index (κ2) is 9.95. The van der Waals surface area contributed by atoms with Gasteiger partial charge in [0, 0.05) is 30.3 Å². The van der Waals surface area contributed by atoms with Crippen LogP contribution in [0, 0.1) is 5.92 Å². The van der Waals surface area contributed by atoms with E-state index in [1.165, 1.54) is 26.0 Å². The lowest BCUT2D eigenvalue weighted by molar-refractivity contribution is -0.151. The molecular formula is C23H24N2O7. The second-order valence-electron chi connectivity index (χ2n) is 7.23. The molecule has 1 saturated heterocycles. The van der Waals surface area contributed by atoms with Crippen LogP contribution in [0.3, 0.4) is 0 Å². The SMILES string of the molecule is COc1ccc(OC)c(N2C[C@@H](C(=O)OCC(=O)Nc3ccc(C(C)=O)cc3)CC2=O)c1. The highest BCUT2D eigenvalue weighted by Crippen LogP contribution is 2.36. The Labute approximate surface area is 185 Å². The predicted molar refractivity (Wildman–Crippen MR) is 116 cm³/mol. The number of ketones is 1. The van der Waals surface area contributed by atoms with Crippen molar-refractivity contribution in [1.82, 2.24) is 0 Å². The molecule has 0 unspecified atom stereocenters. The van der Waals surface area contributed by atoms with Gasteiger partial charge < -0.3 is 24.4 Å². The zero-order valence-corrected chi connectivity index (χ0v) is 18.0. The van der Waals surface area contributed by atoms with Crippen LogP contribution >= 0.6 is 0 Å². The number of hydrogen-bond acceptors (Lipinski definition) is 7. The van der Waals surface area contributed by atoms with E-state index in [9.17, 15) is 19.2 Å². The van der Waals surface area contributed by atoms with Gasteiger partial charge in [0.25, 0.3) is 5.91 Å². The molecule has 168 valence electrons. The lowest BCUT2D eigenvalue weighted by Gasteiger charge is -2.20. The quantitative estimate of drug-likeness (QED) is 0.496. The highest BCUT2D eigenvalue weighted by Gasteiger charge is 2.37. The van der Waals surface area contributed by atoms with Gasteiger partial charge in [-0.15, -0.1) is 0 Å². The zero-order valence-electron chi connectivity index (χ0n) is 18.0. The molecule has 0 spiro atoms. The second-order valence-corrected chi connectivity index (χ2v) is 7.23. The van der Waals surface area contributed by atoms with Crippen LogP contribution in [0.5, 0.6) is 11.5 Å². The van der Waals surface area contributed by atoms with E-state index in [4.69, 9.17) is 14.2 Å². The molecule has 1 aliphatic heterocycles. The fraction of sp³-hybridized carbons (Fsp3) is 0.304. The zero-order chi connectivity index (χ0) is 23.3. The number of nitrogens with one attached hydrogen (secondary N) is 1. The molecule has 0 radical (unpaired) electrons. The van der Waals surface area contributed by atoms with Crippen LogP contribution in [-0.2, 0) is 19.1 Å².